The van der Waals surface area contributed by atoms with Crippen LogP contribution in [0.4, 0.5) is 0 Å². The largest absolute Gasteiger partial charge is 0.244 e. The van der Waals surface area contributed by atoms with Gasteiger partial charge in [-0.1, -0.05) is 36.4 Å². The molecule has 23 heavy (non-hydrogen) atoms. The summed E-state index contributed by atoms with van der Waals surface area (Å²) in [4.78, 5) is 9.80. The molecule has 0 saturated carbocycles. The van der Waals surface area contributed by atoms with Crippen molar-refractivity contribution in [2.45, 2.75) is 0 Å². The Morgan fingerprint density at radius 1 is 0.652 bits per heavy atom. The lowest BCUT2D eigenvalue weighted by Gasteiger charge is -2.03. The Morgan fingerprint density at radius 2 is 1.22 bits per heavy atom. The molecule has 1 aliphatic rings. The van der Waals surface area contributed by atoms with Crippen LogP contribution in [0.15, 0.2) is 48.5 Å². The van der Waals surface area contributed by atoms with E-state index in [2.05, 4.69) is 45.1 Å². The van der Waals surface area contributed by atoms with Crippen LogP contribution < -0.4 is 0 Å². The second-order valence-corrected chi connectivity index (χ2v) is 6.25. The molecule has 6 rings (SSSR count). The van der Waals surface area contributed by atoms with Gasteiger partial charge in [0.15, 0.2) is 0 Å². The van der Waals surface area contributed by atoms with Gasteiger partial charge in [-0.15, -0.1) is 0 Å². The number of benzene rings is 3. The zero-order valence-electron chi connectivity index (χ0n) is 11.8. The lowest BCUT2D eigenvalue weighted by molar-refractivity contribution is 1.32. The molecule has 0 aliphatic heterocycles. The van der Waals surface area contributed by atoms with Crippen LogP contribution in [0.1, 0.15) is 0 Å². The summed E-state index contributed by atoms with van der Waals surface area (Å²) < 4.78 is 8.61. The molecular formula is C18H8N4S. The summed E-state index contributed by atoms with van der Waals surface area (Å²) in [7, 11) is 0. The van der Waals surface area contributed by atoms with Crippen LogP contribution in [0.25, 0.3) is 55.4 Å². The first-order valence-corrected chi connectivity index (χ1v) is 8.08. The average Bonchev–Trinajstić information content (AvgIpc) is 3.16. The molecule has 2 heterocycles. The molecule has 106 valence electrons. The van der Waals surface area contributed by atoms with Crippen LogP contribution in [-0.2, 0) is 0 Å². The molecule has 5 heteroatoms. The monoisotopic (exact) mass is 312 g/mol. The lowest BCUT2D eigenvalue weighted by Crippen LogP contribution is -1.90. The Bertz CT molecular complexity index is 1180. The molecule has 2 aromatic heterocycles. The van der Waals surface area contributed by atoms with Crippen LogP contribution >= 0.6 is 11.7 Å². The van der Waals surface area contributed by atoms with Gasteiger partial charge in [0, 0.05) is 16.5 Å². The minimum absolute atomic E-state index is 0.869. The fourth-order valence-electron chi connectivity index (χ4n) is 3.45. The highest BCUT2D eigenvalue weighted by molar-refractivity contribution is 7.00. The minimum Gasteiger partial charge on any atom is -0.244 e. The molecule has 0 fully saturated rings. The van der Waals surface area contributed by atoms with Gasteiger partial charge in [0.1, 0.15) is 11.0 Å². The first kappa shape index (κ1) is 11.6. The molecule has 0 spiro atoms. The molecule has 0 unspecified atom stereocenters. The maximum absolute atomic E-state index is 4.90. The van der Waals surface area contributed by atoms with E-state index >= 15 is 0 Å². The number of rotatable bonds is 0. The first-order chi connectivity index (χ1) is 11.4. The van der Waals surface area contributed by atoms with Gasteiger partial charge in [-0.3, -0.25) is 0 Å². The Kier molecular flexibility index (Phi) is 1.96. The van der Waals surface area contributed by atoms with E-state index in [1.54, 1.807) is 0 Å². The third kappa shape index (κ3) is 1.40. The van der Waals surface area contributed by atoms with E-state index in [9.17, 15) is 0 Å². The van der Waals surface area contributed by atoms with Crippen molar-refractivity contribution in [3.63, 3.8) is 0 Å². The van der Waals surface area contributed by atoms with Crippen molar-refractivity contribution in [1.29, 1.82) is 0 Å². The van der Waals surface area contributed by atoms with E-state index in [1.165, 1.54) is 33.6 Å². The van der Waals surface area contributed by atoms with Crippen LogP contribution in [-0.4, -0.2) is 18.7 Å². The van der Waals surface area contributed by atoms with Gasteiger partial charge in [-0.2, -0.15) is 8.75 Å². The van der Waals surface area contributed by atoms with Gasteiger partial charge in [0.25, 0.3) is 0 Å². The highest BCUT2D eigenvalue weighted by Gasteiger charge is 2.24. The van der Waals surface area contributed by atoms with Gasteiger partial charge in [-0.25, -0.2) is 9.97 Å². The third-order valence-electron chi connectivity index (χ3n) is 4.45. The predicted molar refractivity (Wildman–Crippen MR) is 92.4 cm³/mol. The molecular weight excluding hydrogens is 304 g/mol. The topological polar surface area (TPSA) is 51.6 Å². The second kappa shape index (κ2) is 3.88. The van der Waals surface area contributed by atoms with E-state index in [4.69, 9.17) is 9.97 Å². The van der Waals surface area contributed by atoms with Crippen molar-refractivity contribution >= 4 is 44.6 Å². The van der Waals surface area contributed by atoms with E-state index in [0.29, 0.717) is 0 Å². The van der Waals surface area contributed by atoms with Gasteiger partial charge in [0.2, 0.25) is 0 Å². The molecule has 0 N–H and O–H groups in total. The van der Waals surface area contributed by atoms with E-state index in [1.807, 2.05) is 12.1 Å². The summed E-state index contributed by atoms with van der Waals surface area (Å²) in [5.41, 5.74) is 7.76. The van der Waals surface area contributed by atoms with Crippen molar-refractivity contribution < 1.29 is 0 Å². The summed E-state index contributed by atoms with van der Waals surface area (Å²) >= 11 is 1.22. The summed E-state index contributed by atoms with van der Waals surface area (Å²) in [5.74, 6) is 0. The standard InChI is InChI=1S/C18H8N4S/c1-3-9-4-2-6-11-16(9)10(5-1)17-18(11)20-13-8-15-14(21-23-22-15)7-12(13)19-17/h1-8H. The molecule has 1 aliphatic carbocycles. The van der Waals surface area contributed by atoms with Crippen LogP contribution in [0.5, 0.6) is 0 Å². The smallest absolute Gasteiger partial charge is 0.107 e. The minimum atomic E-state index is 0.869. The van der Waals surface area contributed by atoms with E-state index in [-0.39, 0.29) is 0 Å². The van der Waals surface area contributed by atoms with Crippen molar-refractivity contribution in [3.8, 4) is 22.5 Å². The molecule has 5 aromatic rings. The summed E-state index contributed by atoms with van der Waals surface area (Å²) in [6.45, 7) is 0. The van der Waals surface area contributed by atoms with Crippen molar-refractivity contribution in [1.82, 2.24) is 18.7 Å². The SMILES string of the molecule is c1cc2c3c(cccc3c1)-c1nc3cc4nsnc4cc3nc1-2. The summed E-state index contributed by atoms with van der Waals surface area (Å²) in [6, 6.07) is 16.6. The number of fused-ring (bicyclic) bond motifs is 5. The normalized spacial score (nSPS) is 12.3. The van der Waals surface area contributed by atoms with Gasteiger partial charge in [0.05, 0.1) is 34.1 Å². The molecule has 3 aromatic carbocycles. The highest BCUT2D eigenvalue weighted by atomic mass is 32.1. The number of hydrogen-bond donors (Lipinski definition) is 0. The molecule has 0 amide bonds. The van der Waals surface area contributed by atoms with Crippen LogP contribution in [0.2, 0.25) is 0 Å². The van der Waals surface area contributed by atoms with Crippen molar-refractivity contribution in [3.05, 3.63) is 48.5 Å². The van der Waals surface area contributed by atoms with Crippen molar-refractivity contribution in [2.75, 3.05) is 0 Å². The van der Waals surface area contributed by atoms with E-state index in [0.717, 1.165) is 33.5 Å². The van der Waals surface area contributed by atoms with Gasteiger partial charge in [-0.05, 0) is 17.5 Å². The Hall–Kier alpha value is -2.92. The molecule has 0 bridgehead atoms. The fraction of sp³-hybridized carbons (Fsp3) is 0. The Balaban J connectivity index is 1.81. The number of hydrogen-bond acceptors (Lipinski definition) is 5. The van der Waals surface area contributed by atoms with Gasteiger partial charge < -0.3 is 0 Å². The first-order valence-electron chi connectivity index (χ1n) is 7.35. The van der Waals surface area contributed by atoms with E-state index < -0.39 is 0 Å². The third-order valence-corrected chi connectivity index (χ3v) is 5.01. The maximum Gasteiger partial charge on any atom is 0.107 e. The van der Waals surface area contributed by atoms with Crippen LogP contribution in [0.3, 0.4) is 0 Å². The zero-order valence-corrected chi connectivity index (χ0v) is 12.6. The number of nitrogens with zero attached hydrogens (tertiary/aromatic N) is 4. The van der Waals surface area contributed by atoms with Gasteiger partial charge >= 0.3 is 0 Å². The average molecular weight is 312 g/mol. The highest BCUT2D eigenvalue weighted by Crippen LogP contribution is 2.45. The molecule has 0 radical (unpaired) electrons. The van der Waals surface area contributed by atoms with Crippen molar-refractivity contribution in [2.24, 2.45) is 0 Å². The molecule has 4 nitrogen and oxygen atoms in total. The van der Waals surface area contributed by atoms with Crippen LogP contribution in [0, 0.1) is 0 Å². The summed E-state index contributed by atoms with van der Waals surface area (Å²) in [6.07, 6.45) is 0. The quantitative estimate of drug-likeness (QED) is 0.416. The Morgan fingerprint density at radius 3 is 1.78 bits per heavy atom. The number of aromatic nitrogens is 4. The predicted octanol–water partition coefficient (Wildman–Crippen LogP) is 4.44. The maximum atomic E-state index is 4.90. The Labute approximate surface area is 134 Å². The molecule has 0 saturated heterocycles. The fourth-order valence-corrected chi connectivity index (χ4v) is 3.96. The molecule has 0 atom stereocenters. The second-order valence-electron chi connectivity index (χ2n) is 5.72. The zero-order chi connectivity index (χ0) is 15.0. The lowest BCUT2D eigenvalue weighted by atomic mass is 10.0. The summed E-state index contributed by atoms with van der Waals surface area (Å²) in [5, 5.41) is 2.48.